The van der Waals surface area contributed by atoms with E-state index >= 15 is 0 Å². The maximum absolute atomic E-state index is 3.64. The molecule has 1 saturated heterocycles. The average Bonchev–Trinajstić information content (AvgIpc) is 2.45. The van der Waals surface area contributed by atoms with Crippen LogP contribution in [0.1, 0.15) is 48.8 Å². The fourth-order valence-electron chi connectivity index (χ4n) is 4.06. The second-order valence-corrected chi connectivity index (χ2v) is 6.81. The van der Waals surface area contributed by atoms with Gasteiger partial charge in [0.15, 0.2) is 0 Å². The van der Waals surface area contributed by atoms with E-state index in [1.54, 1.807) is 0 Å². The van der Waals surface area contributed by atoms with Gasteiger partial charge in [0.2, 0.25) is 0 Å². The third-order valence-electron chi connectivity index (χ3n) is 5.33. The number of rotatable bonds is 2. The Kier molecular flexibility index (Phi) is 4.13. The Balaban J connectivity index is 1.79. The Hall–Kier alpha value is -0.860. The highest BCUT2D eigenvalue weighted by atomic mass is 15.3. The van der Waals surface area contributed by atoms with Crippen molar-refractivity contribution in [3.8, 4) is 0 Å². The van der Waals surface area contributed by atoms with Crippen molar-refractivity contribution in [2.75, 3.05) is 19.6 Å². The van der Waals surface area contributed by atoms with Crippen molar-refractivity contribution in [3.05, 3.63) is 34.9 Å². The summed E-state index contributed by atoms with van der Waals surface area (Å²) in [5, 5.41) is 3.64. The van der Waals surface area contributed by atoms with E-state index in [0.717, 1.165) is 13.1 Å². The van der Waals surface area contributed by atoms with Crippen LogP contribution in [0.5, 0.6) is 0 Å². The maximum atomic E-state index is 3.64. The summed E-state index contributed by atoms with van der Waals surface area (Å²) in [7, 11) is 0. The lowest BCUT2D eigenvalue weighted by molar-refractivity contribution is 0.0207. The zero-order valence-electron chi connectivity index (χ0n) is 13.0. The molecule has 1 aliphatic carbocycles. The van der Waals surface area contributed by atoms with Gasteiger partial charge in [-0.25, -0.2) is 0 Å². The van der Waals surface area contributed by atoms with Crippen LogP contribution in [0.15, 0.2) is 18.2 Å². The van der Waals surface area contributed by atoms with Gasteiger partial charge in [-0.2, -0.15) is 0 Å². The predicted molar refractivity (Wildman–Crippen MR) is 85.0 cm³/mol. The van der Waals surface area contributed by atoms with E-state index < -0.39 is 0 Å². The molecule has 0 aromatic heterocycles. The molecule has 1 spiro atoms. The number of nitrogens with one attached hydrogen (secondary N) is 1. The standard InChI is InChI=1S/C18H28N2/c1-15-6-7-17(16(2)12-15)13-20-11-10-19-14-18(20)8-4-3-5-9-18/h6-7,12,19H,3-5,8-11,13-14H2,1-2H3. The molecule has 2 fully saturated rings. The van der Waals surface area contributed by atoms with Crippen LogP contribution >= 0.6 is 0 Å². The molecule has 3 rings (SSSR count). The molecule has 2 nitrogen and oxygen atoms in total. The molecular formula is C18H28N2. The summed E-state index contributed by atoms with van der Waals surface area (Å²) in [6.07, 6.45) is 7.01. The van der Waals surface area contributed by atoms with E-state index in [-0.39, 0.29) is 0 Å². The fourth-order valence-corrected chi connectivity index (χ4v) is 4.06. The number of piperazine rings is 1. The van der Waals surface area contributed by atoms with Crippen LogP contribution in [0.25, 0.3) is 0 Å². The van der Waals surface area contributed by atoms with Crippen molar-refractivity contribution >= 4 is 0 Å². The molecule has 0 bridgehead atoms. The number of hydrogen-bond donors (Lipinski definition) is 1. The van der Waals surface area contributed by atoms with Crippen molar-refractivity contribution < 1.29 is 0 Å². The highest BCUT2D eigenvalue weighted by Gasteiger charge is 2.39. The molecular weight excluding hydrogens is 244 g/mol. The molecule has 1 N–H and O–H groups in total. The second kappa shape index (κ2) is 5.87. The molecule has 1 aromatic carbocycles. The lowest BCUT2D eigenvalue weighted by Gasteiger charge is -2.50. The van der Waals surface area contributed by atoms with Crippen molar-refractivity contribution in [2.45, 2.75) is 58.0 Å². The summed E-state index contributed by atoms with van der Waals surface area (Å²) >= 11 is 0. The number of benzene rings is 1. The van der Waals surface area contributed by atoms with Crippen LogP contribution in [-0.4, -0.2) is 30.1 Å². The normalized spacial score (nSPS) is 23.1. The first-order valence-corrected chi connectivity index (χ1v) is 8.22. The molecule has 0 amide bonds. The van der Waals surface area contributed by atoms with Gasteiger partial charge in [0, 0.05) is 31.7 Å². The SMILES string of the molecule is Cc1ccc(CN2CCNCC23CCCCC3)c(C)c1. The van der Waals surface area contributed by atoms with Gasteiger partial charge in [-0.05, 0) is 37.8 Å². The highest BCUT2D eigenvalue weighted by Crippen LogP contribution is 2.35. The van der Waals surface area contributed by atoms with Crippen LogP contribution in [0.4, 0.5) is 0 Å². The summed E-state index contributed by atoms with van der Waals surface area (Å²) in [4.78, 5) is 2.78. The Labute approximate surface area is 123 Å². The van der Waals surface area contributed by atoms with E-state index in [1.165, 1.54) is 61.9 Å². The monoisotopic (exact) mass is 272 g/mol. The molecule has 1 aliphatic heterocycles. The average molecular weight is 272 g/mol. The minimum Gasteiger partial charge on any atom is -0.314 e. The van der Waals surface area contributed by atoms with Gasteiger partial charge in [0.1, 0.15) is 0 Å². The minimum absolute atomic E-state index is 0.438. The lowest BCUT2D eigenvalue weighted by Crippen LogP contribution is -2.61. The van der Waals surface area contributed by atoms with Crippen LogP contribution in [0, 0.1) is 13.8 Å². The lowest BCUT2D eigenvalue weighted by atomic mass is 9.78. The van der Waals surface area contributed by atoms with Crippen LogP contribution in [0.3, 0.4) is 0 Å². The van der Waals surface area contributed by atoms with Gasteiger partial charge in [0.25, 0.3) is 0 Å². The third-order valence-corrected chi connectivity index (χ3v) is 5.33. The topological polar surface area (TPSA) is 15.3 Å². The Morgan fingerprint density at radius 3 is 2.70 bits per heavy atom. The molecule has 1 heterocycles. The first-order chi connectivity index (χ1) is 9.70. The van der Waals surface area contributed by atoms with Crippen LogP contribution in [-0.2, 0) is 6.54 Å². The van der Waals surface area contributed by atoms with Gasteiger partial charge in [-0.1, -0.05) is 43.0 Å². The summed E-state index contributed by atoms with van der Waals surface area (Å²) in [5.74, 6) is 0. The molecule has 2 aliphatic rings. The smallest absolute Gasteiger partial charge is 0.0338 e. The number of nitrogens with zero attached hydrogens (tertiary/aromatic N) is 1. The Morgan fingerprint density at radius 2 is 1.95 bits per heavy atom. The van der Waals surface area contributed by atoms with E-state index in [1.807, 2.05) is 0 Å². The third kappa shape index (κ3) is 2.77. The van der Waals surface area contributed by atoms with Crippen molar-refractivity contribution in [2.24, 2.45) is 0 Å². The maximum Gasteiger partial charge on any atom is 0.0338 e. The van der Waals surface area contributed by atoms with Gasteiger partial charge in [0.05, 0.1) is 0 Å². The molecule has 110 valence electrons. The molecule has 1 saturated carbocycles. The number of aryl methyl sites for hydroxylation is 2. The van der Waals surface area contributed by atoms with Gasteiger partial charge in [-0.3, -0.25) is 4.90 Å². The largest absolute Gasteiger partial charge is 0.314 e. The van der Waals surface area contributed by atoms with Gasteiger partial charge >= 0.3 is 0 Å². The molecule has 0 unspecified atom stereocenters. The summed E-state index contributed by atoms with van der Waals surface area (Å²) in [6, 6.07) is 6.92. The van der Waals surface area contributed by atoms with Crippen molar-refractivity contribution in [1.82, 2.24) is 10.2 Å². The summed E-state index contributed by atoms with van der Waals surface area (Å²) in [5.41, 5.74) is 4.78. The summed E-state index contributed by atoms with van der Waals surface area (Å²) in [6.45, 7) is 9.12. The molecule has 20 heavy (non-hydrogen) atoms. The Bertz CT molecular complexity index is 452. The number of hydrogen-bond acceptors (Lipinski definition) is 2. The molecule has 1 aromatic rings. The van der Waals surface area contributed by atoms with Gasteiger partial charge in [-0.15, -0.1) is 0 Å². The Morgan fingerprint density at radius 1 is 1.15 bits per heavy atom. The van der Waals surface area contributed by atoms with Crippen LogP contribution in [0.2, 0.25) is 0 Å². The quantitative estimate of drug-likeness (QED) is 0.887. The van der Waals surface area contributed by atoms with Crippen LogP contribution < -0.4 is 5.32 Å². The van der Waals surface area contributed by atoms with E-state index in [0.29, 0.717) is 5.54 Å². The molecule has 0 atom stereocenters. The zero-order chi connectivity index (χ0) is 14.0. The predicted octanol–water partition coefficient (Wildman–Crippen LogP) is 3.41. The van der Waals surface area contributed by atoms with Crippen molar-refractivity contribution in [3.63, 3.8) is 0 Å². The minimum atomic E-state index is 0.438. The van der Waals surface area contributed by atoms with E-state index in [2.05, 4.69) is 42.3 Å². The second-order valence-electron chi connectivity index (χ2n) is 6.81. The molecule has 2 heteroatoms. The van der Waals surface area contributed by atoms with Gasteiger partial charge < -0.3 is 5.32 Å². The van der Waals surface area contributed by atoms with E-state index in [4.69, 9.17) is 0 Å². The first kappa shape index (κ1) is 14.1. The fraction of sp³-hybridized carbons (Fsp3) is 0.667. The van der Waals surface area contributed by atoms with E-state index in [9.17, 15) is 0 Å². The zero-order valence-corrected chi connectivity index (χ0v) is 13.0. The molecule has 0 radical (unpaired) electrons. The first-order valence-electron chi connectivity index (χ1n) is 8.22. The van der Waals surface area contributed by atoms with Crippen molar-refractivity contribution in [1.29, 1.82) is 0 Å². The summed E-state index contributed by atoms with van der Waals surface area (Å²) < 4.78 is 0. The highest BCUT2D eigenvalue weighted by molar-refractivity contribution is 5.30.